The number of carbonyl (C=O) groups is 1. The SMILES string of the molecule is Cc1ccc([C@H](N[C@@H](C)C(=O)Nc2ccc(F)c(F)c2F)c2cccs2)cc1. The monoisotopic (exact) mass is 404 g/mol. The van der Waals surface area contributed by atoms with E-state index in [4.69, 9.17) is 0 Å². The molecule has 0 radical (unpaired) electrons. The number of amides is 1. The first-order valence-electron chi connectivity index (χ1n) is 8.67. The molecule has 3 nitrogen and oxygen atoms in total. The molecule has 146 valence electrons. The third kappa shape index (κ3) is 4.43. The van der Waals surface area contributed by atoms with Crippen LogP contribution in [0.5, 0.6) is 0 Å². The van der Waals surface area contributed by atoms with E-state index in [0.717, 1.165) is 28.1 Å². The summed E-state index contributed by atoms with van der Waals surface area (Å²) in [5, 5.41) is 7.48. The molecule has 28 heavy (non-hydrogen) atoms. The van der Waals surface area contributed by atoms with Gasteiger partial charge in [0.15, 0.2) is 17.5 Å². The minimum atomic E-state index is -1.62. The van der Waals surface area contributed by atoms with Crippen LogP contribution in [0.1, 0.15) is 29.0 Å². The molecule has 0 unspecified atom stereocenters. The fraction of sp³-hybridized carbons (Fsp3) is 0.190. The van der Waals surface area contributed by atoms with Crippen LogP contribution in [0.4, 0.5) is 18.9 Å². The number of nitrogens with one attached hydrogen (secondary N) is 2. The molecule has 0 saturated carbocycles. The summed E-state index contributed by atoms with van der Waals surface area (Å²) in [5.41, 5.74) is 1.69. The number of aryl methyl sites for hydroxylation is 1. The Kier molecular flexibility index (Phi) is 6.16. The Balaban J connectivity index is 1.78. The van der Waals surface area contributed by atoms with Crippen molar-refractivity contribution in [1.29, 1.82) is 0 Å². The third-order valence-corrected chi connectivity index (χ3v) is 5.28. The number of thiophene rings is 1. The fourth-order valence-electron chi connectivity index (χ4n) is 2.75. The van der Waals surface area contributed by atoms with Crippen molar-refractivity contribution in [2.45, 2.75) is 25.9 Å². The van der Waals surface area contributed by atoms with E-state index in [1.54, 1.807) is 18.3 Å². The first kappa shape index (κ1) is 20.1. The Hall–Kier alpha value is -2.64. The highest BCUT2D eigenvalue weighted by atomic mass is 32.1. The van der Waals surface area contributed by atoms with Gasteiger partial charge in [0.05, 0.1) is 17.8 Å². The summed E-state index contributed by atoms with van der Waals surface area (Å²) in [6.45, 7) is 3.62. The van der Waals surface area contributed by atoms with Crippen LogP contribution in [0.15, 0.2) is 53.9 Å². The van der Waals surface area contributed by atoms with Gasteiger partial charge in [-0.3, -0.25) is 10.1 Å². The molecular weight excluding hydrogens is 385 g/mol. The highest BCUT2D eigenvalue weighted by Crippen LogP contribution is 2.27. The second kappa shape index (κ2) is 8.58. The number of carbonyl (C=O) groups excluding carboxylic acids is 1. The second-order valence-electron chi connectivity index (χ2n) is 6.46. The maximum Gasteiger partial charge on any atom is 0.241 e. The number of halogens is 3. The molecule has 0 aliphatic carbocycles. The van der Waals surface area contributed by atoms with Crippen LogP contribution in [-0.4, -0.2) is 11.9 Å². The average Bonchev–Trinajstić information content (AvgIpc) is 3.21. The van der Waals surface area contributed by atoms with Crippen LogP contribution >= 0.6 is 11.3 Å². The number of hydrogen-bond donors (Lipinski definition) is 2. The Morgan fingerprint density at radius 3 is 2.36 bits per heavy atom. The molecule has 1 aromatic heterocycles. The van der Waals surface area contributed by atoms with E-state index in [0.29, 0.717) is 0 Å². The highest BCUT2D eigenvalue weighted by molar-refractivity contribution is 7.10. The van der Waals surface area contributed by atoms with Crippen LogP contribution < -0.4 is 10.6 Å². The molecule has 2 aromatic carbocycles. The molecule has 0 spiro atoms. The molecule has 0 bridgehead atoms. The van der Waals surface area contributed by atoms with Crippen molar-refractivity contribution < 1.29 is 18.0 Å². The van der Waals surface area contributed by atoms with Crippen molar-refractivity contribution in [1.82, 2.24) is 5.32 Å². The topological polar surface area (TPSA) is 41.1 Å². The summed E-state index contributed by atoms with van der Waals surface area (Å²) in [6.07, 6.45) is 0. The van der Waals surface area contributed by atoms with Crippen LogP contribution in [-0.2, 0) is 4.79 Å². The van der Waals surface area contributed by atoms with Crippen molar-refractivity contribution >= 4 is 22.9 Å². The minimum absolute atomic E-state index is 0.240. The first-order chi connectivity index (χ1) is 13.4. The lowest BCUT2D eigenvalue weighted by molar-refractivity contribution is -0.117. The van der Waals surface area contributed by atoms with Gasteiger partial charge in [-0.25, -0.2) is 13.2 Å². The van der Waals surface area contributed by atoms with Gasteiger partial charge in [0.25, 0.3) is 0 Å². The van der Waals surface area contributed by atoms with Gasteiger partial charge in [-0.2, -0.15) is 0 Å². The molecule has 3 rings (SSSR count). The summed E-state index contributed by atoms with van der Waals surface area (Å²) >= 11 is 1.55. The number of benzene rings is 2. The highest BCUT2D eigenvalue weighted by Gasteiger charge is 2.23. The molecule has 1 heterocycles. The van der Waals surface area contributed by atoms with Crippen LogP contribution in [0.2, 0.25) is 0 Å². The van der Waals surface area contributed by atoms with Gasteiger partial charge >= 0.3 is 0 Å². The average molecular weight is 404 g/mol. The van der Waals surface area contributed by atoms with E-state index in [1.165, 1.54) is 0 Å². The molecule has 7 heteroatoms. The minimum Gasteiger partial charge on any atom is -0.322 e. The zero-order valence-corrected chi connectivity index (χ0v) is 16.1. The maximum absolute atomic E-state index is 13.8. The third-order valence-electron chi connectivity index (χ3n) is 4.34. The van der Waals surface area contributed by atoms with Crippen LogP contribution in [0.25, 0.3) is 0 Å². The molecule has 0 fully saturated rings. The van der Waals surface area contributed by atoms with E-state index >= 15 is 0 Å². The second-order valence-corrected chi connectivity index (χ2v) is 7.44. The van der Waals surface area contributed by atoms with Gasteiger partial charge in [0, 0.05) is 4.88 Å². The van der Waals surface area contributed by atoms with Crippen molar-refractivity contribution in [2.75, 3.05) is 5.32 Å². The molecule has 2 N–H and O–H groups in total. The lowest BCUT2D eigenvalue weighted by Gasteiger charge is -2.23. The lowest BCUT2D eigenvalue weighted by atomic mass is 10.0. The summed E-state index contributed by atoms with van der Waals surface area (Å²) in [5.74, 6) is -4.90. The van der Waals surface area contributed by atoms with Gasteiger partial charge in [-0.05, 0) is 43.0 Å². The van der Waals surface area contributed by atoms with Crippen molar-refractivity contribution in [3.05, 3.63) is 87.4 Å². The Bertz CT molecular complexity index is 959. The van der Waals surface area contributed by atoms with Gasteiger partial charge in [0.1, 0.15) is 0 Å². The molecule has 2 atom stereocenters. The summed E-state index contributed by atoms with van der Waals surface area (Å²) in [7, 11) is 0. The lowest BCUT2D eigenvalue weighted by Crippen LogP contribution is -2.40. The van der Waals surface area contributed by atoms with Crippen molar-refractivity contribution in [3.63, 3.8) is 0 Å². The molecule has 1 amide bonds. The molecule has 3 aromatic rings. The predicted octanol–water partition coefficient (Wildman–Crippen LogP) is 5.18. The molecule has 0 aliphatic rings. The Labute approximate surface area is 165 Å². The molecular formula is C21H19F3N2OS. The first-order valence-corrected chi connectivity index (χ1v) is 9.55. The number of rotatable bonds is 6. The van der Waals surface area contributed by atoms with E-state index in [1.807, 2.05) is 48.7 Å². The van der Waals surface area contributed by atoms with Gasteiger partial charge in [-0.1, -0.05) is 35.9 Å². The number of anilines is 1. The quantitative estimate of drug-likeness (QED) is 0.556. The maximum atomic E-state index is 13.8. The van der Waals surface area contributed by atoms with Crippen LogP contribution in [0.3, 0.4) is 0 Å². The molecule has 0 aliphatic heterocycles. The van der Waals surface area contributed by atoms with Crippen molar-refractivity contribution in [2.24, 2.45) is 0 Å². The summed E-state index contributed by atoms with van der Waals surface area (Å²) in [4.78, 5) is 13.5. The zero-order valence-electron chi connectivity index (χ0n) is 15.3. The smallest absolute Gasteiger partial charge is 0.241 e. The van der Waals surface area contributed by atoms with Crippen LogP contribution in [0, 0.1) is 24.4 Å². The van der Waals surface area contributed by atoms with Gasteiger partial charge in [-0.15, -0.1) is 11.3 Å². The summed E-state index contributed by atoms with van der Waals surface area (Å²) < 4.78 is 40.3. The zero-order chi connectivity index (χ0) is 20.3. The predicted molar refractivity (Wildman–Crippen MR) is 105 cm³/mol. The largest absolute Gasteiger partial charge is 0.322 e. The van der Waals surface area contributed by atoms with Crippen molar-refractivity contribution in [3.8, 4) is 0 Å². The fourth-order valence-corrected chi connectivity index (χ4v) is 3.56. The normalized spacial score (nSPS) is 13.2. The summed E-state index contributed by atoms with van der Waals surface area (Å²) in [6, 6.07) is 12.6. The standard InChI is InChI=1S/C21H19F3N2OS/c1-12-5-7-14(8-6-12)20(17-4-3-11-28-17)25-13(2)21(27)26-16-10-9-15(22)18(23)19(16)24/h3-11,13,20,25H,1-2H3,(H,26,27)/t13-,20-/m0/s1. The van der Waals surface area contributed by atoms with E-state index < -0.39 is 35.1 Å². The van der Waals surface area contributed by atoms with E-state index in [2.05, 4.69) is 10.6 Å². The number of hydrogen-bond acceptors (Lipinski definition) is 3. The Morgan fingerprint density at radius 1 is 1.00 bits per heavy atom. The van der Waals surface area contributed by atoms with E-state index in [-0.39, 0.29) is 6.04 Å². The van der Waals surface area contributed by atoms with Gasteiger partial charge < -0.3 is 5.32 Å². The van der Waals surface area contributed by atoms with Gasteiger partial charge in [0.2, 0.25) is 5.91 Å². The molecule has 0 saturated heterocycles. The van der Waals surface area contributed by atoms with E-state index in [9.17, 15) is 18.0 Å². The Morgan fingerprint density at radius 2 is 1.71 bits per heavy atom.